The van der Waals surface area contributed by atoms with E-state index in [4.69, 9.17) is 0 Å². The SMILES string of the molecule is Cc1cnn([C@H]2CCCN(C(=O)Cc3cccc(O)c3)C2)c1. The minimum atomic E-state index is 0.110. The molecule has 5 heteroatoms. The molecular formula is C17H21N3O2. The van der Waals surface area contributed by atoms with Gasteiger partial charge < -0.3 is 10.0 Å². The third-order valence-electron chi connectivity index (χ3n) is 4.12. The van der Waals surface area contributed by atoms with Crippen molar-refractivity contribution in [3.8, 4) is 5.75 Å². The number of phenolic OH excluding ortho intramolecular Hbond substituents is 1. The van der Waals surface area contributed by atoms with Crippen LogP contribution in [0.4, 0.5) is 0 Å². The summed E-state index contributed by atoms with van der Waals surface area (Å²) in [6.07, 6.45) is 6.27. The van der Waals surface area contributed by atoms with Crippen LogP contribution in [-0.2, 0) is 11.2 Å². The molecule has 22 heavy (non-hydrogen) atoms. The highest BCUT2D eigenvalue weighted by atomic mass is 16.3. The zero-order valence-corrected chi connectivity index (χ0v) is 12.8. The van der Waals surface area contributed by atoms with Gasteiger partial charge in [0, 0.05) is 19.3 Å². The van der Waals surface area contributed by atoms with E-state index >= 15 is 0 Å². The third-order valence-corrected chi connectivity index (χ3v) is 4.12. The normalized spacial score (nSPS) is 18.4. The molecule has 0 saturated carbocycles. The second kappa shape index (κ2) is 6.22. The van der Waals surface area contributed by atoms with Crippen LogP contribution in [0.3, 0.4) is 0 Å². The Morgan fingerprint density at radius 2 is 2.32 bits per heavy atom. The van der Waals surface area contributed by atoms with Crippen molar-refractivity contribution in [3.63, 3.8) is 0 Å². The number of hydrogen-bond donors (Lipinski definition) is 1. The molecule has 0 unspecified atom stereocenters. The van der Waals surface area contributed by atoms with Crippen LogP contribution in [0.15, 0.2) is 36.7 Å². The van der Waals surface area contributed by atoms with Gasteiger partial charge in [0.15, 0.2) is 0 Å². The Morgan fingerprint density at radius 3 is 3.05 bits per heavy atom. The highest BCUT2D eigenvalue weighted by molar-refractivity contribution is 5.79. The van der Waals surface area contributed by atoms with Crippen LogP contribution < -0.4 is 0 Å². The number of benzene rings is 1. The van der Waals surface area contributed by atoms with Gasteiger partial charge in [-0.05, 0) is 43.0 Å². The van der Waals surface area contributed by atoms with Crippen molar-refractivity contribution in [2.45, 2.75) is 32.2 Å². The number of carbonyl (C=O) groups excluding carboxylic acids is 1. The first kappa shape index (κ1) is 14.6. The van der Waals surface area contributed by atoms with Crippen molar-refractivity contribution in [3.05, 3.63) is 47.8 Å². The summed E-state index contributed by atoms with van der Waals surface area (Å²) >= 11 is 0. The summed E-state index contributed by atoms with van der Waals surface area (Å²) in [5.74, 6) is 0.313. The van der Waals surface area contributed by atoms with E-state index in [-0.39, 0.29) is 17.7 Å². The summed E-state index contributed by atoms with van der Waals surface area (Å²) in [6, 6.07) is 7.16. The number of nitrogens with zero attached hydrogens (tertiary/aromatic N) is 3. The van der Waals surface area contributed by atoms with Crippen molar-refractivity contribution >= 4 is 5.91 Å². The average molecular weight is 299 g/mol. The molecule has 1 N–H and O–H groups in total. The molecule has 0 spiro atoms. The number of aromatic nitrogens is 2. The van der Waals surface area contributed by atoms with Crippen molar-refractivity contribution < 1.29 is 9.90 Å². The van der Waals surface area contributed by atoms with Crippen molar-refractivity contribution in [2.24, 2.45) is 0 Å². The van der Waals surface area contributed by atoms with Gasteiger partial charge in [-0.25, -0.2) is 0 Å². The van der Waals surface area contributed by atoms with Crippen LogP contribution in [0.25, 0.3) is 0 Å². The molecule has 1 aliphatic rings. The van der Waals surface area contributed by atoms with Crippen molar-refractivity contribution in [2.75, 3.05) is 13.1 Å². The number of likely N-dealkylation sites (tertiary alicyclic amines) is 1. The lowest BCUT2D eigenvalue weighted by atomic mass is 10.0. The van der Waals surface area contributed by atoms with E-state index in [0.29, 0.717) is 13.0 Å². The molecule has 0 bridgehead atoms. The highest BCUT2D eigenvalue weighted by Gasteiger charge is 2.25. The Morgan fingerprint density at radius 1 is 1.45 bits per heavy atom. The molecule has 1 atom stereocenters. The maximum atomic E-state index is 12.5. The quantitative estimate of drug-likeness (QED) is 0.946. The highest BCUT2D eigenvalue weighted by Crippen LogP contribution is 2.22. The maximum Gasteiger partial charge on any atom is 0.227 e. The molecule has 1 saturated heterocycles. The zero-order valence-electron chi connectivity index (χ0n) is 12.8. The minimum Gasteiger partial charge on any atom is -0.508 e. The third kappa shape index (κ3) is 3.30. The topological polar surface area (TPSA) is 58.4 Å². The van der Waals surface area contributed by atoms with Gasteiger partial charge in [-0.3, -0.25) is 9.48 Å². The Hall–Kier alpha value is -2.30. The van der Waals surface area contributed by atoms with Gasteiger partial charge >= 0.3 is 0 Å². The number of rotatable bonds is 3. The fourth-order valence-corrected chi connectivity index (χ4v) is 2.98. The molecule has 1 aliphatic heterocycles. The summed E-state index contributed by atoms with van der Waals surface area (Å²) in [5.41, 5.74) is 1.99. The van der Waals surface area contributed by atoms with Crippen LogP contribution in [0.1, 0.15) is 30.0 Å². The fourth-order valence-electron chi connectivity index (χ4n) is 2.98. The molecular weight excluding hydrogens is 278 g/mol. The Balaban J connectivity index is 1.65. The molecule has 3 rings (SSSR count). The van der Waals surface area contributed by atoms with E-state index in [1.54, 1.807) is 18.2 Å². The summed E-state index contributed by atoms with van der Waals surface area (Å²) in [5, 5.41) is 13.9. The van der Waals surface area contributed by atoms with E-state index in [0.717, 1.165) is 30.5 Å². The lowest BCUT2D eigenvalue weighted by Crippen LogP contribution is -2.41. The van der Waals surface area contributed by atoms with E-state index in [1.165, 1.54) is 0 Å². The number of carbonyl (C=O) groups is 1. The molecule has 1 fully saturated rings. The summed E-state index contributed by atoms with van der Waals surface area (Å²) in [6.45, 7) is 3.53. The molecule has 1 aromatic carbocycles. The van der Waals surface area contributed by atoms with E-state index in [2.05, 4.69) is 5.10 Å². The van der Waals surface area contributed by atoms with Gasteiger partial charge in [0.2, 0.25) is 5.91 Å². The van der Waals surface area contributed by atoms with Crippen LogP contribution in [0, 0.1) is 6.92 Å². The Labute approximate surface area is 130 Å². The number of piperidine rings is 1. The lowest BCUT2D eigenvalue weighted by Gasteiger charge is -2.33. The molecule has 1 aromatic heterocycles. The monoisotopic (exact) mass is 299 g/mol. The fraction of sp³-hybridized carbons (Fsp3) is 0.412. The van der Waals surface area contributed by atoms with Gasteiger partial charge in [0.05, 0.1) is 18.7 Å². The molecule has 2 heterocycles. The number of phenols is 1. The van der Waals surface area contributed by atoms with Gasteiger partial charge in [-0.15, -0.1) is 0 Å². The molecule has 5 nitrogen and oxygen atoms in total. The first-order chi connectivity index (χ1) is 10.6. The van der Waals surface area contributed by atoms with Gasteiger partial charge in [0.1, 0.15) is 5.75 Å². The molecule has 2 aromatic rings. The first-order valence-corrected chi connectivity index (χ1v) is 7.68. The number of amides is 1. The van der Waals surface area contributed by atoms with Crippen LogP contribution in [0.5, 0.6) is 5.75 Å². The summed E-state index contributed by atoms with van der Waals surface area (Å²) in [4.78, 5) is 14.4. The molecule has 0 radical (unpaired) electrons. The van der Waals surface area contributed by atoms with Crippen molar-refractivity contribution in [1.29, 1.82) is 0 Å². The predicted octanol–water partition coefficient (Wildman–Crippen LogP) is 2.30. The smallest absolute Gasteiger partial charge is 0.227 e. The van der Waals surface area contributed by atoms with Gasteiger partial charge in [0.25, 0.3) is 0 Å². The van der Waals surface area contributed by atoms with E-state index in [9.17, 15) is 9.90 Å². The largest absolute Gasteiger partial charge is 0.508 e. The first-order valence-electron chi connectivity index (χ1n) is 7.68. The molecule has 0 aliphatic carbocycles. The Kier molecular flexibility index (Phi) is 4.13. The lowest BCUT2D eigenvalue weighted by molar-refractivity contribution is -0.132. The van der Waals surface area contributed by atoms with E-state index in [1.807, 2.05) is 35.0 Å². The summed E-state index contributed by atoms with van der Waals surface area (Å²) in [7, 11) is 0. The average Bonchev–Trinajstić information content (AvgIpc) is 2.94. The van der Waals surface area contributed by atoms with Crippen LogP contribution >= 0.6 is 0 Å². The van der Waals surface area contributed by atoms with Gasteiger partial charge in [-0.1, -0.05) is 12.1 Å². The maximum absolute atomic E-state index is 12.5. The van der Waals surface area contributed by atoms with Crippen molar-refractivity contribution in [1.82, 2.24) is 14.7 Å². The number of aromatic hydroxyl groups is 1. The minimum absolute atomic E-state index is 0.110. The number of aryl methyl sites for hydroxylation is 1. The van der Waals surface area contributed by atoms with Gasteiger partial charge in [-0.2, -0.15) is 5.10 Å². The summed E-state index contributed by atoms with van der Waals surface area (Å²) < 4.78 is 1.98. The van der Waals surface area contributed by atoms with Crippen LogP contribution in [-0.4, -0.2) is 38.8 Å². The standard InChI is InChI=1S/C17H21N3O2/c1-13-10-18-20(11-13)15-5-3-7-19(12-15)17(22)9-14-4-2-6-16(21)8-14/h2,4,6,8,10-11,15,21H,3,5,7,9,12H2,1H3/t15-/m0/s1. The second-order valence-corrected chi connectivity index (χ2v) is 5.98. The second-order valence-electron chi connectivity index (χ2n) is 5.98. The zero-order chi connectivity index (χ0) is 15.5. The van der Waals surface area contributed by atoms with Crippen LogP contribution in [0.2, 0.25) is 0 Å². The molecule has 116 valence electrons. The number of hydrogen-bond acceptors (Lipinski definition) is 3. The molecule has 1 amide bonds. The predicted molar refractivity (Wildman–Crippen MR) is 83.6 cm³/mol. The van der Waals surface area contributed by atoms with E-state index < -0.39 is 0 Å². The Bertz CT molecular complexity index is 665.